The van der Waals surface area contributed by atoms with Crippen molar-refractivity contribution in [2.24, 2.45) is 0 Å². The van der Waals surface area contributed by atoms with E-state index >= 15 is 0 Å². The molecule has 5 heteroatoms. The van der Waals surface area contributed by atoms with E-state index in [1.807, 2.05) is 19.9 Å². The molecule has 0 atom stereocenters. The van der Waals surface area contributed by atoms with E-state index in [0.29, 0.717) is 17.8 Å². The molecule has 0 amide bonds. The number of halogens is 1. The number of benzene rings is 1. The minimum Gasteiger partial charge on any atom is -0.376 e. The highest BCUT2D eigenvalue weighted by atomic mass is 32.1. The summed E-state index contributed by atoms with van der Waals surface area (Å²) in [5, 5.41) is 12.6. The van der Waals surface area contributed by atoms with Gasteiger partial charge in [-0.1, -0.05) is 0 Å². The van der Waals surface area contributed by atoms with Crippen molar-refractivity contribution in [1.29, 1.82) is 5.26 Å². The van der Waals surface area contributed by atoms with Crippen molar-refractivity contribution in [2.75, 3.05) is 5.32 Å². The Morgan fingerprint density at radius 1 is 1.44 bits per heavy atom. The lowest BCUT2D eigenvalue weighted by Gasteiger charge is -2.05. The monoisotopic (exact) mass is 261 g/mol. The molecule has 0 aliphatic carbocycles. The predicted molar refractivity (Wildman–Crippen MR) is 70.0 cm³/mol. The van der Waals surface area contributed by atoms with Crippen molar-refractivity contribution in [2.45, 2.75) is 20.4 Å². The van der Waals surface area contributed by atoms with Crippen LogP contribution in [0.2, 0.25) is 0 Å². The standard InChI is InChI=1S/C13H12FN3S/c1-8-9(2)18-13(17-8)7-16-12-4-3-10(6-15)5-11(12)14/h3-5,16H,7H2,1-2H3. The zero-order chi connectivity index (χ0) is 13.1. The fraction of sp³-hybridized carbons (Fsp3) is 0.231. The highest BCUT2D eigenvalue weighted by Gasteiger charge is 2.06. The van der Waals surface area contributed by atoms with Gasteiger partial charge in [0.05, 0.1) is 29.6 Å². The number of aryl methyl sites for hydroxylation is 2. The van der Waals surface area contributed by atoms with Crippen LogP contribution in [0.4, 0.5) is 10.1 Å². The zero-order valence-electron chi connectivity index (χ0n) is 10.1. The Labute approximate surface area is 109 Å². The summed E-state index contributed by atoms with van der Waals surface area (Å²) in [5.74, 6) is -0.418. The molecule has 0 aliphatic heterocycles. The van der Waals surface area contributed by atoms with Crippen LogP contribution in [0.5, 0.6) is 0 Å². The fourth-order valence-corrected chi connectivity index (χ4v) is 2.39. The molecule has 18 heavy (non-hydrogen) atoms. The van der Waals surface area contributed by atoms with Gasteiger partial charge in [-0.2, -0.15) is 5.26 Å². The number of thiazole rings is 1. The number of nitriles is 1. The van der Waals surface area contributed by atoms with Crippen LogP contribution in [-0.4, -0.2) is 4.98 Å². The van der Waals surface area contributed by atoms with Gasteiger partial charge in [-0.05, 0) is 32.0 Å². The van der Waals surface area contributed by atoms with Crippen molar-refractivity contribution >= 4 is 17.0 Å². The molecule has 1 aromatic carbocycles. The second kappa shape index (κ2) is 5.15. The van der Waals surface area contributed by atoms with Gasteiger partial charge in [-0.25, -0.2) is 9.37 Å². The summed E-state index contributed by atoms with van der Waals surface area (Å²) in [6.45, 7) is 4.46. The first kappa shape index (κ1) is 12.5. The Balaban J connectivity index is 2.09. The number of anilines is 1. The lowest BCUT2D eigenvalue weighted by Crippen LogP contribution is -2.01. The minimum absolute atomic E-state index is 0.319. The van der Waals surface area contributed by atoms with Crippen LogP contribution in [0.3, 0.4) is 0 Å². The quantitative estimate of drug-likeness (QED) is 0.921. The molecule has 0 unspecified atom stereocenters. The first-order valence-electron chi connectivity index (χ1n) is 5.46. The molecule has 2 rings (SSSR count). The topological polar surface area (TPSA) is 48.7 Å². The lowest BCUT2D eigenvalue weighted by molar-refractivity contribution is 0.629. The smallest absolute Gasteiger partial charge is 0.147 e. The molecule has 0 radical (unpaired) electrons. The Kier molecular flexibility index (Phi) is 3.58. The van der Waals surface area contributed by atoms with Gasteiger partial charge in [-0.3, -0.25) is 0 Å². The van der Waals surface area contributed by atoms with E-state index in [1.165, 1.54) is 10.9 Å². The van der Waals surface area contributed by atoms with E-state index in [0.717, 1.165) is 10.7 Å². The highest BCUT2D eigenvalue weighted by molar-refractivity contribution is 7.11. The third kappa shape index (κ3) is 2.66. The largest absolute Gasteiger partial charge is 0.376 e. The first-order chi connectivity index (χ1) is 8.60. The van der Waals surface area contributed by atoms with Crippen molar-refractivity contribution in [3.8, 4) is 6.07 Å². The molecule has 1 N–H and O–H groups in total. The number of aromatic nitrogens is 1. The van der Waals surface area contributed by atoms with Crippen molar-refractivity contribution in [3.05, 3.63) is 45.2 Å². The SMILES string of the molecule is Cc1nc(CNc2ccc(C#N)cc2F)sc1C. The minimum atomic E-state index is -0.418. The van der Waals surface area contributed by atoms with Gasteiger partial charge in [0, 0.05) is 4.88 Å². The summed E-state index contributed by atoms with van der Waals surface area (Å²) < 4.78 is 13.6. The molecule has 3 nitrogen and oxygen atoms in total. The van der Waals surface area contributed by atoms with Gasteiger partial charge in [0.1, 0.15) is 10.8 Å². The van der Waals surface area contributed by atoms with Crippen molar-refractivity contribution in [3.63, 3.8) is 0 Å². The molecule has 0 aliphatic rings. The van der Waals surface area contributed by atoms with Crippen molar-refractivity contribution in [1.82, 2.24) is 4.98 Å². The second-order valence-corrected chi connectivity index (χ2v) is 5.20. The Morgan fingerprint density at radius 3 is 2.78 bits per heavy atom. The molecular formula is C13H12FN3S. The first-order valence-corrected chi connectivity index (χ1v) is 6.28. The van der Waals surface area contributed by atoms with E-state index in [2.05, 4.69) is 10.3 Å². The van der Waals surface area contributed by atoms with Gasteiger partial charge >= 0.3 is 0 Å². The van der Waals surface area contributed by atoms with Crippen LogP contribution >= 0.6 is 11.3 Å². The summed E-state index contributed by atoms with van der Waals surface area (Å²) in [7, 11) is 0. The maximum absolute atomic E-state index is 13.6. The lowest BCUT2D eigenvalue weighted by atomic mass is 10.2. The van der Waals surface area contributed by atoms with Gasteiger partial charge < -0.3 is 5.32 Å². The number of nitrogens with one attached hydrogen (secondary N) is 1. The van der Waals surface area contributed by atoms with Crippen molar-refractivity contribution < 1.29 is 4.39 Å². The third-order valence-electron chi connectivity index (χ3n) is 2.60. The summed E-state index contributed by atoms with van der Waals surface area (Å²) in [5.41, 5.74) is 1.72. The molecule has 0 bridgehead atoms. The Hall–Kier alpha value is -1.93. The number of hydrogen-bond acceptors (Lipinski definition) is 4. The average molecular weight is 261 g/mol. The zero-order valence-corrected chi connectivity index (χ0v) is 10.9. The maximum atomic E-state index is 13.6. The van der Waals surface area contributed by atoms with Gasteiger partial charge in [0.15, 0.2) is 0 Å². The fourth-order valence-electron chi connectivity index (χ4n) is 1.51. The predicted octanol–water partition coefficient (Wildman–Crippen LogP) is 3.38. The normalized spacial score (nSPS) is 10.1. The Bertz CT molecular complexity index is 594. The van der Waals surface area contributed by atoms with Gasteiger partial charge in [-0.15, -0.1) is 11.3 Å². The van der Waals surface area contributed by atoms with E-state index < -0.39 is 5.82 Å². The maximum Gasteiger partial charge on any atom is 0.147 e. The van der Waals surface area contributed by atoms with Crippen LogP contribution in [0.25, 0.3) is 0 Å². The summed E-state index contributed by atoms with van der Waals surface area (Å²) in [6, 6.07) is 6.28. The Morgan fingerprint density at radius 2 is 2.22 bits per heavy atom. The number of nitrogens with zero attached hydrogens (tertiary/aromatic N) is 2. The molecule has 0 spiro atoms. The number of rotatable bonds is 3. The molecule has 0 saturated heterocycles. The van der Waals surface area contributed by atoms with Crippen LogP contribution in [0.1, 0.15) is 21.1 Å². The van der Waals surface area contributed by atoms with Crippen LogP contribution in [0.15, 0.2) is 18.2 Å². The van der Waals surface area contributed by atoms with Crippen LogP contribution in [-0.2, 0) is 6.54 Å². The highest BCUT2D eigenvalue weighted by Crippen LogP contribution is 2.20. The van der Waals surface area contributed by atoms with E-state index in [-0.39, 0.29) is 0 Å². The molecule has 1 heterocycles. The molecule has 0 saturated carbocycles. The molecular weight excluding hydrogens is 249 g/mol. The van der Waals surface area contributed by atoms with E-state index in [9.17, 15) is 4.39 Å². The molecule has 1 aromatic heterocycles. The second-order valence-electron chi connectivity index (χ2n) is 3.91. The summed E-state index contributed by atoms with van der Waals surface area (Å²) in [4.78, 5) is 5.54. The molecule has 0 fully saturated rings. The average Bonchev–Trinajstić information content (AvgIpc) is 2.67. The van der Waals surface area contributed by atoms with E-state index in [1.54, 1.807) is 23.5 Å². The van der Waals surface area contributed by atoms with Crippen LogP contribution < -0.4 is 5.32 Å². The third-order valence-corrected chi connectivity index (χ3v) is 3.67. The molecule has 92 valence electrons. The summed E-state index contributed by atoms with van der Waals surface area (Å²) in [6.07, 6.45) is 0. The van der Waals surface area contributed by atoms with E-state index in [4.69, 9.17) is 5.26 Å². The van der Waals surface area contributed by atoms with Crippen LogP contribution in [0, 0.1) is 31.0 Å². The molecule has 2 aromatic rings. The number of hydrogen-bond donors (Lipinski definition) is 1. The summed E-state index contributed by atoms with van der Waals surface area (Å²) >= 11 is 1.60. The van der Waals surface area contributed by atoms with Gasteiger partial charge in [0.25, 0.3) is 0 Å². The van der Waals surface area contributed by atoms with Gasteiger partial charge in [0.2, 0.25) is 0 Å².